The van der Waals surface area contributed by atoms with Crippen molar-refractivity contribution in [2.45, 2.75) is 28.9 Å². The van der Waals surface area contributed by atoms with Gasteiger partial charge in [-0.1, -0.05) is 38.8 Å². The van der Waals surface area contributed by atoms with Gasteiger partial charge in [-0.3, -0.25) is 0 Å². The number of hydrogen-bond donors (Lipinski definition) is 0. The summed E-state index contributed by atoms with van der Waals surface area (Å²) in [6.45, 7) is 1.91. The predicted molar refractivity (Wildman–Crippen MR) is 50.5 cm³/mol. The molecule has 0 aromatic heterocycles. The molecule has 4 heteroatoms. The van der Waals surface area contributed by atoms with E-state index in [0.29, 0.717) is 12.8 Å². The van der Waals surface area contributed by atoms with Crippen molar-refractivity contribution in [1.29, 1.82) is 10.5 Å². The summed E-state index contributed by atoms with van der Waals surface area (Å²) in [5.41, 5.74) is 0. The van der Waals surface area contributed by atoms with Gasteiger partial charge < -0.3 is 0 Å². The predicted octanol–water partition coefficient (Wildman–Crippen LogP) is 2.73. The molecule has 0 saturated heterocycles. The van der Waals surface area contributed by atoms with E-state index in [1.807, 2.05) is 13.0 Å². The van der Waals surface area contributed by atoms with Crippen molar-refractivity contribution in [2.24, 2.45) is 0 Å². The Bertz CT molecular complexity index is 203. The molecule has 0 aliphatic carbocycles. The third-order valence-corrected chi connectivity index (χ3v) is 4.48. The first kappa shape index (κ1) is 10.9. The van der Waals surface area contributed by atoms with Crippen molar-refractivity contribution in [3.63, 3.8) is 0 Å². The zero-order chi connectivity index (χ0) is 8.91. The summed E-state index contributed by atoms with van der Waals surface area (Å²) in [5.74, 6) is 0. The van der Waals surface area contributed by atoms with Gasteiger partial charge in [0.25, 0.3) is 0 Å². The van der Waals surface area contributed by atoms with Gasteiger partial charge in [0.2, 0.25) is 0 Å². The molecule has 0 spiro atoms. The quantitative estimate of drug-likeness (QED) is 0.746. The number of nitrogens with zero attached hydrogens (tertiary/aromatic N) is 2. The molecule has 0 aromatic rings. The first-order valence-electron chi connectivity index (χ1n) is 3.22. The normalized spacial score (nSPS) is 17.5. The summed E-state index contributed by atoms with van der Waals surface area (Å²) in [7, 11) is 0. The number of nitriles is 2. The lowest BCUT2D eigenvalue weighted by molar-refractivity contribution is 0.681. The highest BCUT2D eigenvalue weighted by molar-refractivity contribution is 9.12. The summed E-state index contributed by atoms with van der Waals surface area (Å²) in [5, 5.41) is 17.1. The van der Waals surface area contributed by atoms with Crippen LogP contribution in [0.3, 0.4) is 0 Å². The van der Waals surface area contributed by atoms with Gasteiger partial charge in [-0.2, -0.15) is 10.5 Å². The van der Waals surface area contributed by atoms with E-state index in [9.17, 15) is 0 Å². The summed E-state index contributed by atoms with van der Waals surface area (Å²) in [6.07, 6.45) is 1.02. The molecule has 0 rings (SSSR count). The standard InChI is InChI=1S/C7H8Br2N2/c1-2-7(9,5-11)6(8)3-4-10/h6H,2-3H2,1H3. The number of hydrogen-bond acceptors (Lipinski definition) is 2. The van der Waals surface area contributed by atoms with Crippen LogP contribution < -0.4 is 0 Å². The second-order valence-corrected chi connectivity index (χ2v) is 4.68. The molecular formula is C7H8Br2N2. The van der Waals surface area contributed by atoms with E-state index in [-0.39, 0.29) is 4.83 Å². The second kappa shape index (κ2) is 4.74. The number of rotatable bonds is 3. The van der Waals surface area contributed by atoms with Gasteiger partial charge in [0.1, 0.15) is 4.32 Å². The van der Waals surface area contributed by atoms with Crippen LogP contribution in [-0.2, 0) is 0 Å². The molecular weight excluding hydrogens is 272 g/mol. The lowest BCUT2D eigenvalue weighted by Gasteiger charge is -2.21. The molecule has 2 atom stereocenters. The minimum Gasteiger partial charge on any atom is -0.198 e. The van der Waals surface area contributed by atoms with E-state index in [2.05, 4.69) is 37.9 Å². The van der Waals surface area contributed by atoms with Crippen molar-refractivity contribution in [3.05, 3.63) is 0 Å². The van der Waals surface area contributed by atoms with Gasteiger partial charge in [-0.05, 0) is 6.42 Å². The van der Waals surface area contributed by atoms with E-state index in [1.54, 1.807) is 0 Å². The molecule has 2 unspecified atom stereocenters. The smallest absolute Gasteiger partial charge is 0.125 e. The third-order valence-electron chi connectivity index (χ3n) is 1.47. The molecule has 0 aliphatic rings. The fourth-order valence-corrected chi connectivity index (χ4v) is 1.35. The van der Waals surface area contributed by atoms with E-state index in [1.165, 1.54) is 0 Å². The Hall–Kier alpha value is -0.0600. The Morgan fingerprint density at radius 2 is 2.09 bits per heavy atom. The zero-order valence-electron chi connectivity index (χ0n) is 6.14. The molecule has 0 heterocycles. The molecule has 0 radical (unpaired) electrons. The Morgan fingerprint density at radius 3 is 2.36 bits per heavy atom. The van der Waals surface area contributed by atoms with Gasteiger partial charge in [0.15, 0.2) is 0 Å². The largest absolute Gasteiger partial charge is 0.198 e. The summed E-state index contributed by atoms with van der Waals surface area (Å²) in [6, 6.07) is 4.15. The SMILES string of the molecule is CCC(Br)(C#N)C(Br)CC#N. The maximum atomic E-state index is 8.75. The Kier molecular flexibility index (Phi) is 4.72. The van der Waals surface area contributed by atoms with Crippen molar-refractivity contribution >= 4 is 31.9 Å². The zero-order valence-corrected chi connectivity index (χ0v) is 9.31. The van der Waals surface area contributed by atoms with Gasteiger partial charge in [-0.25, -0.2) is 0 Å². The molecule has 0 N–H and O–H groups in total. The van der Waals surface area contributed by atoms with Crippen LogP contribution in [-0.4, -0.2) is 9.15 Å². The average molecular weight is 280 g/mol. The van der Waals surface area contributed by atoms with E-state index in [4.69, 9.17) is 10.5 Å². The van der Waals surface area contributed by atoms with Gasteiger partial charge in [0.05, 0.1) is 23.4 Å². The second-order valence-electron chi connectivity index (χ2n) is 2.16. The van der Waals surface area contributed by atoms with Gasteiger partial charge in [0, 0.05) is 0 Å². The highest BCUT2D eigenvalue weighted by Crippen LogP contribution is 2.32. The van der Waals surface area contributed by atoms with Crippen LogP contribution in [0, 0.1) is 22.7 Å². The Morgan fingerprint density at radius 1 is 1.55 bits per heavy atom. The minimum atomic E-state index is -0.595. The number of alkyl halides is 2. The van der Waals surface area contributed by atoms with Crippen molar-refractivity contribution in [1.82, 2.24) is 0 Å². The van der Waals surface area contributed by atoms with Crippen LogP contribution in [0.1, 0.15) is 19.8 Å². The monoisotopic (exact) mass is 278 g/mol. The first-order chi connectivity index (χ1) is 5.10. The maximum absolute atomic E-state index is 8.75. The Balaban J connectivity index is 4.30. The van der Waals surface area contributed by atoms with Crippen LogP contribution in [0.5, 0.6) is 0 Å². The highest BCUT2D eigenvalue weighted by Gasteiger charge is 2.32. The number of halogens is 2. The minimum absolute atomic E-state index is 0.102. The molecule has 0 saturated carbocycles. The van der Waals surface area contributed by atoms with Crippen LogP contribution >= 0.6 is 31.9 Å². The van der Waals surface area contributed by atoms with Crippen molar-refractivity contribution in [2.75, 3.05) is 0 Å². The average Bonchev–Trinajstić information content (AvgIpc) is 2.03. The van der Waals surface area contributed by atoms with Gasteiger partial charge >= 0.3 is 0 Å². The van der Waals surface area contributed by atoms with Crippen LogP contribution in [0.4, 0.5) is 0 Å². The fraction of sp³-hybridized carbons (Fsp3) is 0.714. The first-order valence-corrected chi connectivity index (χ1v) is 4.92. The van der Waals surface area contributed by atoms with E-state index < -0.39 is 4.32 Å². The molecule has 0 aliphatic heterocycles. The summed E-state index contributed by atoms with van der Waals surface area (Å²) in [4.78, 5) is -0.102. The third kappa shape index (κ3) is 2.81. The van der Waals surface area contributed by atoms with Crippen LogP contribution in [0.15, 0.2) is 0 Å². The fourth-order valence-electron chi connectivity index (χ4n) is 0.613. The summed E-state index contributed by atoms with van der Waals surface area (Å²) >= 11 is 6.58. The topological polar surface area (TPSA) is 47.6 Å². The van der Waals surface area contributed by atoms with Crippen LogP contribution in [0.2, 0.25) is 0 Å². The molecule has 2 nitrogen and oxygen atoms in total. The summed E-state index contributed by atoms with van der Waals surface area (Å²) < 4.78 is -0.595. The molecule has 0 fully saturated rings. The molecule has 0 aromatic carbocycles. The molecule has 0 amide bonds. The van der Waals surface area contributed by atoms with E-state index >= 15 is 0 Å². The molecule has 60 valence electrons. The van der Waals surface area contributed by atoms with Crippen molar-refractivity contribution in [3.8, 4) is 12.1 Å². The van der Waals surface area contributed by atoms with Crippen molar-refractivity contribution < 1.29 is 0 Å². The lowest BCUT2D eigenvalue weighted by atomic mass is 10.0. The van der Waals surface area contributed by atoms with Gasteiger partial charge in [-0.15, -0.1) is 0 Å². The Labute approximate surface area is 83.4 Å². The maximum Gasteiger partial charge on any atom is 0.125 e. The lowest BCUT2D eigenvalue weighted by Crippen LogP contribution is -2.28. The molecule has 0 bridgehead atoms. The van der Waals surface area contributed by atoms with E-state index in [0.717, 1.165) is 0 Å². The van der Waals surface area contributed by atoms with Crippen LogP contribution in [0.25, 0.3) is 0 Å². The molecule has 11 heavy (non-hydrogen) atoms. The highest BCUT2D eigenvalue weighted by atomic mass is 79.9.